The van der Waals surface area contributed by atoms with Gasteiger partial charge in [-0.3, -0.25) is 4.68 Å². The summed E-state index contributed by atoms with van der Waals surface area (Å²) in [7, 11) is 0. The molecule has 4 heteroatoms. The fourth-order valence-corrected chi connectivity index (χ4v) is 1.17. The molecule has 0 aliphatic rings. The van der Waals surface area contributed by atoms with Crippen LogP contribution in [0.3, 0.4) is 0 Å². The average Bonchev–Trinajstić information content (AvgIpc) is 2.33. The lowest BCUT2D eigenvalue weighted by Crippen LogP contribution is -2.21. The molecular formula is C9H16FN3. The number of halogens is 1. The van der Waals surface area contributed by atoms with E-state index in [1.807, 2.05) is 6.20 Å². The average molecular weight is 185 g/mol. The Morgan fingerprint density at radius 3 is 2.85 bits per heavy atom. The molecule has 0 unspecified atom stereocenters. The molecule has 0 aromatic carbocycles. The van der Waals surface area contributed by atoms with Gasteiger partial charge in [0.15, 0.2) is 0 Å². The molecular weight excluding hydrogens is 169 g/mol. The minimum absolute atomic E-state index is 0.289. The molecule has 1 heterocycles. The maximum absolute atomic E-state index is 13.2. The van der Waals surface area contributed by atoms with Crippen LogP contribution < -0.4 is 5.73 Å². The van der Waals surface area contributed by atoms with Crippen molar-refractivity contribution >= 4 is 0 Å². The lowest BCUT2D eigenvalue weighted by atomic mass is 10.2. The zero-order valence-electron chi connectivity index (χ0n) is 8.13. The topological polar surface area (TPSA) is 43.8 Å². The number of hydrogen-bond acceptors (Lipinski definition) is 2. The molecule has 0 aliphatic heterocycles. The van der Waals surface area contributed by atoms with Gasteiger partial charge in [0.2, 0.25) is 0 Å². The fraction of sp³-hybridized carbons (Fsp3) is 0.667. The van der Waals surface area contributed by atoms with Gasteiger partial charge in [0.25, 0.3) is 0 Å². The van der Waals surface area contributed by atoms with Crippen molar-refractivity contribution in [2.75, 3.05) is 6.54 Å². The Labute approximate surface area is 77.7 Å². The smallest absolute Gasteiger partial charge is 0.124 e. The SMILES string of the molecule is CC(C)(F)Cn1cc(CCN)cn1. The van der Waals surface area contributed by atoms with E-state index in [0.717, 1.165) is 12.0 Å². The first-order chi connectivity index (χ1) is 6.01. The normalized spacial score (nSPS) is 12.0. The van der Waals surface area contributed by atoms with Crippen LogP contribution in [0.25, 0.3) is 0 Å². The summed E-state index contributed by atoms with van der Waals surface area (Å²) in [5.41, 5.74) is 5.23. The molecule has 0 fully saturated rings. The van der Waals surface area contributed by atoms with E-state index in [0.29, 0.717) is 6.54 Å². The second-order valence-electron chi connectivity index (χ2n) is 3.80. The number of nitrogens with two attached hydrogens (primary N) is 1. The van der Waals surface area contributed by atoms with Crippen LogP contribution in [0, 0.1) is 0 Å². The van der Waals surface area contributed by atoms with E-state index < -0.39 is 5.67 Å². The first-order valence-electron chi connectivity index (χ1n) is 4.41. The molecule has 0 spiro atoms. The number of nitrogens with zero attached hydrogens (tertiary/aromatic N) is 2. The summed E-state index contributed by atoms with van der Waals surface area (Å²) in [6, 6.07) is 0. The Balaban J connectivity index is 2.59. The van der Waals surface area contributed by atoms with E-state index in [1.165, 1.54) is 13.8 Å². The van der Waals surface area contributed by atoms with E-state index in [4.69, 9.17) is 5.73 Å². The van der Waals surface area contributed by atoms with Crippen LogP contribution in [0.4, 0.5) is 4.39 Å². The van der Waals surface area contributed by atoms with Crippen LogP contribution in [0.1, 0.15) is 19.4 Å². The van der Waals surface area contributed by atoms with Gasteiger partial charge in [0, 0.05) is 6.20 Å². The van der Waals surface area contributed by atoms with Gasteiger partial charge < -0.3 is 5.73 Å². The van der Waals surface area contributed by atoms with Crippen LogP contribution in [0.15, 0.2) is 12.4 Å². The third-order valence-electron chi connectivity index (χ3n) is 1.66. The largest absolute Gasteiger partial charge is 0.330 e. The van der Waals surface area contributed by atoms with Gasteiger partial charge in [0.1, 0.15) is 5.67 Å². The Kier molecular flexibility index (Phi) is 3.03. The van der Waals surface area contributed by atoms with Gasteiger partial charge in [0.05, 0.1) is 12.7 Å². The maximum Gasteiger partial charge on any atom is 0.124 e. The first kappa shape index (κ1) is 10.2. The minimum Gasteiger partial charge on any atom is -0.330 e. The predicted molar refractivity (Wildman–Crippen MR) is 50.2 cm³/mol. The second kappa shape index (κ2) is 3.87. The van der Waals surface area contributed by atoms with E-state index >= 15 is 0 Å². The van der Waals surface area contributed by atoms with Gasteiger partial charge in [-0.25, -0.2) is 4.39 Å². The van der Waals surface area contributed by atoms with Crippen molar-refractivity contribution in [3.8, 4) is 0 Å². The van der Waals surface area contributed by atoms with Crippen LogP contribution >= 0.6 is 0 Å². The zero-order valence-corrected chi connectivity index (χ0v) is 8.13. The summed E-state index contributed by atoms with van der Waals surface area (Å²) >= 11 is 0. The Morgan fingerprint density at radius 2 is 2.31 bits per heavy atom. The molecule has 1 aromatic heterocycles. The lowest BCUT2D eigenvalue weighted by molar-refractivity contribution is 0.179. The van der Waals surface area contributed by atoms with E-state index in [-0.39, 0.29) is 6.54 Å². The fourth-order valence-electron chi connectivity index (χ4n) is 1.17. The predicted octanol–water partition coefficient (Wildman–Crippen LogP) is 1.13. The minimum atomic E-state index is -1.22. The third-order valence-corrected chi connectivity index (χ3v) is 1.66. The third kappa shape index (κ3) is 3.55. The number of aromatic nitrogens is 2. The molecule has 74 valence electrons. The second-order valence-corrected chi connectivity index (χ2v) is 3.80. The molecule has 0 atom stereocenters. The molecule has 0 saturated heterocycles. The maximum atomic E-state index is 13.2. The van der Waals surface area contributed by atoms with E-state index in [9.17, 15) is 4.39 Å². The monoisotopic (exact) mass is 185 g/mol. The van der Waals surface area contributed by atoms with Gasteiger partial charge in [-0.15, -0.1) is 0 Å². The summed E-state index contributed by atoms with van der Waals surface area (Å²) in [6.45, 7) is 3.97. The summed E-state index contributed by atoms with van der Waals surface area (Å²) in [5.74, 6) is 0. The van der Waals surface area contributed by atoms with Crippen molar-refractivity contribution in [1.82, 2.24) is 9.78 Å². The molecule has 2 N–H and O–H groups in total. The zero-order chi connectivity index (χ0) is 9.90. The van der Waals surface area contributed by atoms with Gasteiger partial charge in [-0.05, 0) is 32.4 Å². The Bertz CT molecular complexity index is 262. The van der Waals surface area contributed by atoms with E-state index in [1.54, 1.807) is 10.9 Å². The summed E-state index contributed by atoms with van der Waals surface area (Å²) in [6.07, 6.45) is 4.37. The van der Waals surface area contributed by atoms with Crippen molar-refractivity contribution in [3.63, 3.8) is 0 Å². The Morgan fingerprint density at radius 1 is 1.62 bits per heavy atom. The summed E-state index contributed by atoms with van der Waals surface area (Å²) < 4.78 is 14.8. The Hall–Kier alpha value is -0.900. The number of alkyl halides is 1. The van der Waals surface area contributed by atoms with E-state index in [2.05, 4.69) is 5.10 Å². The van der Waals surface area contributed by atoms with Crippen molar-refractivity contribution in [3.05, 3.63) is 18.0 Å². The highest BCUT2D eigenvalue weighted by molar-refractivity contribution is 5.04. The molecule has 3 nitrogen and oxygen atoms in total. The van der Waals surface area contributed by atoms with Gasteiger partial charge >= 0.3 is 0 Å². The molecule has 1 rings (SSSR count). The van der Waals surface area contributed by atoms with Gasteiger partial charge in [-0.2, -0.15) is 5.10 Å². The highest BCUT2D eigenvalue weighted by atomic mass is 19.1. The van der Waals surface area contributed by atoms with Crippen molar-refractivity contribution in [1.29, 1.82) is 0 Å². The molecule has 0 saturated carbocycles. The van der Waals surface area contributed by atoms with Crippen molar-refractivity contribution in [2.45, 2.75) is 32.5 Å². The first-order valence-corrected chi connectivity index (χ1v) is 4.41. The number of hydrogen-bond donors (Lipinski definition) is 1. The summed E-state index contributed by atoms with van der Waals surface area (Å²) in [5, 5.41) is 4.04. The standard InChI is InChI=1S/C9H16FN3/c1-9(2,10)7-13-6-8(3-4-11)5-12-13/h5-6H,3-4,7,11H2,1-2H3. The molecule has 0 radical (unpaired) electrons. The van der Waals surface area contributed by atoms with Crippen LogP contribution in [0.5, 0.6) is 0 Å². The van der Waals surface area contributed by atoms with Crippen molar-refractivity contribution < 1.29 is 4.39 Å². The van der Waals surface area contributed by atoms with Gasteiger partial charge in [-0.1, -0.05) is 0 Å². The van der Waals surface area contributed by atoms with Crippen LogP contribution in [-0.4, -0.2) is 22.0 Å². The molecule has 0 bridgehead atoms. The highest BCUT2D eigenvalue weighted by Gasteiger charge is 2.16. The molecule has 0 amide bonds. The molecule has 13 heavy (non-hydrogen) atoms. The van der Waals surface area contributed by atoms with Crippen molar-refractivity contribution in [2.24, 2.45) is 5.73 Å². The summed E-state index contributed by atoms with van der Waals surface area (Å²) in [4.78, 5) is 0. The van der Waals surface area contributed by atoms with Crippen LogP contribution in [0.2, 0.25) is 0 Å². The quantitative estimate of drug-likeness (QED) is 0.764. The molecule has 0 aliphatic carbocycles. The van der Waals surface area contributed by atoms with Crippen LogP contribution in [-0.2, 0) is 13.0 Å². The lowest BCUT2D eigenvalue weighted by Gasteiger charge is -2.13. The molecule has 1 aromatic rings. The highest BCUT2D eigenvalue weighted by Crippen LogP contribution is 2.11. The number of rotatable bonds is 4.